The van der Waals surface area contributed by atoms with Gasteiger partial charge in [0.1, 0.15) is 11.8 Å². The molecule has 1 atom stereocenters. The smallest absolute Gasteiger partial charge is 0.115 e. The van der Waals surface area contributed by atoms with Crippen LogP contribution in [0.15, 0.2) is 30.2 Å². The summed E-state index contributed by atoms with van der Waals surface area (Å²) < 4.78 is 5.64. The average molecular weight is 239 g/mol. The van der Waals surface area contributed by atoms with Crippen LogP contribution in [0, 0.1) is 0 Å². The second-order valence-electron chi connectivity index (χ2n) is 3.69. The van der Waals surface area contributed by atoms with Crippen LogP contribution in [0.4, 0.5) is 0 Å². The van der Waals surface area contributed by atoms with Gasteiger partial charge in [-0.2, -0.15) is 0 Å². The van der Waals surface area contributed by atoms with Gasteiger partial charge in [-0.1, -0.05) is 11.6 Å². The summed E-state index contributed by atoms with van der Waals surface area (Å²) in [5.41, 5.74) is 0.819. The fraction of sp³-hybridized carbons (Fsp3) is 0.417. The molecule has 0 saturated heterocycles. The molecule has 1 N–H and O–H groups in total. The summed E-state index contributed by atoms with van der Waals surface area (Å²) in [6, 6.07) is 3.63. The number of nitrogens with zero attached hydrogens (tertiary/aromatic N) is 1. The predicted molar refractivity (Wildman–Crippen MR) is 64.3 cm³/mol. The van der Waals surface area contributed by atoms with E-state index in [0.29, 0.717) is 5.02 Å². The Morgan fingerprint density at radius 2 is 2.44 bits per heavy atom. The Balaban J connectivity index is 2.28. The zero-order valence-corrected chi connectivity index (χ0v) is 10.00. The van der Waals surface area contributed by atoms with Gasteiger partial charge < -0.3 is 10.1 Å². The van der Waals surface area contributed by atoms with Gasteiger partial charge in [0, 0.05) is 6.20 Å². The molecule has 0 saturated carbocycles. The van der Waals surface area contributed by atoms with Crippen molar-refractivity contribution in [1.29, 1.82) is 0 Å². The zero-order chi connectivity index (χ0) is 11.4. The number of allylic oxidation sites excluding steroid dienone is 1. The van der Waals surface area contributed by atoms with Crippen molar-refractivity contribution >= 4 is 11.6 Å². The monoisotopic (exact) mass is 238 g/mol. The van der Waals surface area contributed by atoms with Crippen molar-refractivity contribution in [1.82, 2.24) is 10.3 Å². The third kappa shape index (κ3) is 2.36. The summed E-state index contributed by atoms with van der Waals surface area (Å²) in [6.07, 6.45) is 5.98. The van der Waals surface area contributed by atoms with Crippen LogP contribution < -0.4 is 5.32 Å². The second-order valence-corrected chi connectivity index (χ2v) is 4.10. The standard InChI is InChI=1S/C12H15ClN2O/c1-14-12(10-6-2-3-8-16-10)11-9(13)5-4-7-15-11/h4-7,12,14H,2-3,8H2,1H3. The minimum Gasteiger partial charge on any atom is -0.496 e. The molecule has 1 aromatic heterocycles. The van der Waals surface area contributed by atoms with E-state index in [9.17, 15) is 0 Å². The van der Waals surface area contributed by atoms with E-state index >= 15 is 0 Å². The van der Waals surface area contributed by atoms with E-state index in [1.807, 2.05) is 19.2 Å². The zero-order valence-electron chi connectivity index (χ0n) is 9.24. The molecule has 0 radical (unpaired) electrons. The molecule has 0 amide bonds. The molecule has 1 aromatic rings. The number of likely N-dealkylation sites (N-methyl/N-ethyl adjacent to an activating group) is 1. The summed E-state index contributed by atoms with van der Waals surface area (Å²) in [7, 11) is 1.88. The summed E-state index contributed by atoms with van der Waals surface area (Å²) in [6.45, 7) is 0.772. The normalized spacial score (nSPS) is 17.5. The minimum absolute atomic E-state index is 0.0472. The quantitative estimate of drug-likeness (QED) is 0.879. The molecular weight excluding hydrogens is 224 g/mol. The van der Waals surface area contributed by atoms with E-state index in [4.69, 9.17) is 16.3 Å². The maximum atomic E-state index is 6.13. The summed E-state index contributed by atoms with van der Waals surface area (Å²) in [5.74, 6) is 0.925. The molecule has 1 unspecified atom stereocenters. The lowest BCUT2D eigenvalue weighted by Gasteiger charge is -2.23. The Bertz CT molecular complexity index is 392. The maximum absolute atomic E-state index is 6.13. The third-order valence-corrected chi connectivity index (χ3v) is 2.92. The Hall–Kier alpha value is -1.06. The molecule has 0 aromatic carbocycles. The molecule has 2 heterocycles. The highest BCUT2D eigenvalue weighted by Crippen LogP contribution is 2.28. The number of rotatable bonds is 3. The van der Waals surface area contributed by atoms with Crippen LogP contribution in [0.3, 0.4) is 0 Å². The predicted octanol–water partition coefficient (Wildman–Crippen LogP) is 2.69. The largest absolute Gasteiger partial charge is 0.496 e. The topological polar surface area (TPSA) is 34.1 Å². The van der Waals surface area contributed by atoms with Crippen molar-refractivity contribution in [2.24, 2.45) is 0 Å². The van der Waals surface area contributed by atoms with Crippen LogP contribution in [-0.4, -0.2) is 18.6 Å². The SMILES string of the molecule is CNC(C1=CCCCO1)c1ncccc1Cl. The summed E-state index contributed by atoms with van der Waals surface area (Å²) in [4.78, 5) is 4.31. The molecule has 0 aliphatic carbocycles. The minimum atomic E-state index is -0.0472. The highest BCUT2D eigenvalue weighted by molar-refractivity contribution is 6.31. The number of aromatic nitrogens is 1. The number of hydrogen-bond acceptors (Lipinski definition) is 3. The molecule has 3 nitrogen and oxygen atoms in total. The van der Waals surface area contributed by atoms with Gasteiger partial charge >= 0.3 is 0 Å². The Kier molecular flexibility index (Phi) is 3.80. The molecule has 1 aliphatic rings. The Morgan fingerprint density at radius 3 is 3.06 bits per heavy atom. The van der Waals surface area contributed by atoms with Gasteiger partial charge in [0.15, 0.2) is 0 Å². The molecule has 16 heavy (non-hydrogen) atoms. The van der Waals surface area contributed by atoms with Crippen molar-refractivity contribution < 1.29 is 4.74 Å². The van der Waals surface area contributed by atoms with Gasteiger partial charge in [-0.15, -0.1) is 0 Å². The van der Waals surface area contributed by atoms with Gasteiger partial charge in [-0.25, -0.2) is 0 Å². The highest BCUT2D eigenvalue weighted by Gasteiger charge is 2.21. The Labute approximate surface area is 100 Å². The first-order valence-corrected chi connectivity index (χ1v) is 5.81. The molecular formula is C12H15ClN2O. The fourth-order valence-electron chi connectivity index (χ4n) is 1.80. The lowest BCUT2D eigenvalue weighted by Crippen LogP contribution is -2.23. The van der Waals surface area contributed by atoms with Gasteiger partial charge in [0.25, 0.3) is 0 Å². The Morgan fingerprint density at radius 1 is 1.56 bits per heavy atom. The van der Waals surface area contributed by atoms with Crippen molar-refractivity contribution in [3.63, 3.8) is 0 Å². The van der Waals surface area contributed by atoms with Gasteiger partial charge in [-0.05, 0) is 38.1 Å². The maximum Gasteiger partial charge on any atom is 0.115 e. The average Bonchev–Trinajstić information content (AvgIpc) is 2.34. The van der Waals surface area contributed by atoms with E-state index in [2.05, 4.69) is 16.4 Å². The summed E-state index contributed by atoms with van der Waals surface area (Å²) >= 11 is 6.13. The number of pyridine rings is 1. The number of hydrogen-bond donors (Lipinski definition) is 1. The molecule has 86 valence electrons. The van der Waals surface area contributed by atoms with Crippen LogP contribution in [0.1, 0.15) is 24.6 Å². The van der Waals surface area contributed by atoms with Crippen molar-refractivity contribution in [2.75, 3.05) is 13.7 Å². The van der Waals surface area contributed by atoms with Crippen LogP contribution in [-0.2, 0) is 4.74 Å². The molecule has 4 heteroatoms. The molecule has 0 fully saturated rings. The first kappa shape index (κ1) is 11.4. The number of nitrogens with one attached hydrogen (secondary N) is 1. The van der Waals surface area contributed by atoms with Crippen LogP contribution in [0.2, 0.25) is 5.02 Å². The summed E-state index contributed by atoms with van der Waals surface area (Å²) in [5, 5.41) is 3.85. The molecule has 1 aliphatic heterocycles. The highest BCUT2D eigenvalue weighted by atomic mass is 35.5. The number of halogens is 1. The van der Waals surface area contributed by atoms with Gasteiger partial charge in [0.2, 0.25) is 0 Å². The molecule has 0 spiro atoms. The van der Waals surface area contributed by atoms with E-state index in [1.165, 1.54) is 0 Å². The van der Waals surface area contributed by atoms with Crippen LogP contribution >= 0.6 is 11.6 Å². The van der Waals surface area contributed by atoms with E-state index < -0.39 is 0 Å². The van der Waals surface area contributed by atoms with E-state index in [1.54, 1.807) is 6.20 Å². The van der Waals surface area contributed by atoms with Crippen LogP contribution in [0.25, 0.3) is 0 Å². The lowest BCUT2D eigenvalue weighted by molar-refractivity contribution is 0.169. The van der Waals surface area contributed by atoms with Crippen molar-refractivity contribution in [3.05, 3.63) is 40.9 Å². The first-order valence-electron chi connectivity index (χ1n) is 5.43. The van der Waals surface area contributed by atoms with Crippen molar-refractivity contribution in [2.45, 2.75) is 18.9 Å². The van der Waals surface area contributed by atoms with Crippen LogP contribution in [0.5, 0.6) is 0 Å². The van der Waals surface area contributed by atoms with E-state index in [0.717, 1.165) is 30.9 Å². The number of ether oxygens (including phenoxy) is 1. The van der Waals surface area contributed by atoms with E-state index in [-0.39, 0.29) is 6.04 Å². The van der Waals surface area contributed by atoms with Gasteiger partial charge in [0.05, 0.1) is 17.3 Å². The first-order chi connectivity index (χ1) is 7.83. The second kappa shape index (κ2) is 5.32. The van der Waals surface area contributed by atoms with Crippen molar-refractivity contribution in [3.8, 4) is 0 Å². The van der Waals surface area contributed by atoms with Gasteiger partial charge in [-0.3, -0.25) is 4.98 Å². The molecule has 0 bridgehead atoms. The molecule has 2 rings (SSSR count). The third-order valence-electron chi connectivity index (χ3n) is 2.60. The lowest BCUT2D eigenvalue weighted by atomic mass is 10.1. The fourth-order valence-corrected chi connectivity index (χ4v) is 2.03.